The molecule has 8 nitrogen and oxygen atoms in total. The quantitative estimate of drug-likeness (QED) is 0.674. The van der Waals surface area contributed by atoms with Crippen molar-refractivity contribution < 1.29 is 9.66 Å². The molecule has 0 aliphatic rings. The summed E-state index contributed by atoms with van der Waals surface area (Å²) in [4.78, 5) is 14.2. The second kappa shape index (κ2) is 6.18. The molecule has 1 aromatic carbocycles. The van der Waals surface area contributed by atoms with Gasteiger partial charge in [0.2, 0.25) is 5.88 Å². The lowest BCUT2D eigenvalue weighted by molar-refractivity contribution is -0.384. The maximum Gasteiger partial charge on any atom is 0.288 e. The van der Waals surface area contributed by atoms with Crippen LogP contribution in [0.2, 0.25) is 5.02 Å². The van der Waals surface area contributed by atoms with Gasteiger partial charge in [-0.1, -0.05) is 17.7 Å². The van der Waals surface area contributed by atoms with Crippen LogP contribution in [0.4, 0.5) is 11.5 Å². The highest BCUT2D eigenvalue weighted by molar-refractivity contribution is 6.32. The molecular weight excluding hydrogens is 322 g/mol. The highest BCUT2D eigenvalue weighted by Crippen LogP contribution is 2.37. The normalized spacial score (nSPS) is 9.74. The highest BCUT2D eigenvalue weighted by Gasteiger charge is 2.23. The van der Waals surface area contributed by atoms with Crippen LogP contribution in [0.5, 0.6) is 5.88 Å². The predicted molar refractivity (Wildman–Crippen MR) is 81.7 cm³/mol. The number of nitrogens with two attached hydrogens (primary N) is 1. The van der Waals surface area contributed by atoms with Gasteiger partial charge in [-0.2, -0.15) is 15.5 Å². The van der Waals surface area contributed by atoms with Crippen molar-refractivity contribution in [1.82, 2.24) is 4.98 Å². The van der Waals surface area contributed by atoms with Gasteiger partial charge in [-0.05, 0) is 11.6 Å². The summed E-state index contributed by atoms with van der Waals surface area (Å²) in [5, 5.41) is 29.6. The Kier molecular flexibility index (Phi) is 4.30. The Bertz CT molecular complexity index is 899. The van der Waals surface area contributed by atoms with E-state index >= 15 is 0 Å². The van der Waals surface area contributed by atoms with Gasteiger partial charge in [-0.3, -0.25) is 10.1 Å². The molecule has 1 aromatic heterocycles. The van der Waals surface area contributed by atoms with Gasteiger partial charge in [0.1, 0.15) is 34.1 Å². The van der Waals surface area contributed by atoms with Crippen LogP contribution < -0.4 is 10.5 Å². The van der Waals surface area contributed by atoms with E-state index < -0.39 is 4.92 Å². The number of methoxy groups -OCH3 is 1. The molecule has 0 aliphatic carbocycles. The number of ether oxygens (including phenoxy) is 1. The Labute approximate surface area is 135 Å². The SMILES string of the molecule is COc1nc(N)c(C#N)c(-c2ccc(Cl)c([N+](=O)[O-])c2)c1C#N. The first-order valence-corrected chi connectivity index (χ1v) is 6.44. The van der Waals surface area contributed by atoms with Crippen LogP contribution in [0, 0.1) is 32.8 Å². The summed E-state index contributed by atoms with van der Waals surface area (Å²) in [5.74, 6) is -0.215. The standard InChI is InChI=1S/C14H8ClN5O3/c1-23-14-9(6-17)12(8(5-16)13(18)19-14)7-2-3-10(15)11(4-7)20(21)22/h2-4H,1H3,(H2,18,19). The van der Waals surface area contributed by atoms with Gasteiger partial charge in [0, 0.05) is 11.6 Å². The lowest BCUT2D eigenvalue weighted by Gasteiger charge is -2.12. The van der Waals surface area contributed by atoms with E-state index in [1.165, 1.54) is 19.2 Å². The van der Waals surface area contributed by atoms with E-state index in [-0.39, 0.29) is 44.7 Å². The number of pyridine rings is 1. The zero-order chi connectivity index (χ0) is 17.1. The van der Waals surface area contributed by atoms with E-state index in [9.17, 15) is 20.6 Å². The van der Waals surface area contributed by atoms with Crippen molar-refractivity contribution in [2.45, 2.75) is 0 Å². The molecule has 0 aliphatic heterocycles. The summed E-state index contributed by atoms with van der Waals surface area (Å²) in [6.07, 6.45) is 0. The second-order valence-corrected chi connectivity index (χ2v) is 4.69. The number of anilines is 1. The molecule has 1 heterocycles. The van der Waals surface area contributed by atoms with Gasteiger partial charge in [0.15, 0.2) is 0 Å². The first-order valence-electron chi connectivity index (χ1n) is 6.06. The van der Waals surface area contributed by atoms with Crippen molar-refractivity contribution in [2.75, 3.05) is 12.8 Å². The van der Waals surface area contributed by atoms with Gasteiger partial charge >= 0.3 is 0 Å². The summed E-state index contributed by atoms with van der Waals surface area (Å²) in [6, 6.07) is 7.66. The molecule has 2 rings (SSSR count). The number of aromatic nitrogens is 1. The third-order valence-corrected chi connectivity index (χ3v) is 3.36. The number of nitro benzene ring substituents is 1. The maximum absolute atomic E-state index is 11.0. The first kappa shape index (κ1) is 16.0. The number of rotatable bonds is 3. The summed E-state index contributed by atoms with van der Waals surface area (Å²) in [7, 11) is 1.29. The number of benzene rings is 1. The topological polar surface area (TPSA) is 139 Å². The smallest absolute Gasteiger partial charge is 0.288 e. The highest BCUT2D eigenvalue weighted by atomic mass is 35.5. The molecule has 0 amide bonds. The zero-order valence-corrected chi connectivity index (χ0v) is 12.5. The monoisotopic (exact) mass is 329 g/mol. The van der Waals surface area contributed by atoms with Crippen LogP contribution in [-0.4, -0.2) is 17.0 Å². The van der Waals surface area contributed by atoms with Crippen molar-refractivity contribution >= 4 is 23.1 Å². The molecule has 23 heavy (non-hydrogen) atoms. The fraction of sp³-hybridized carbons (Fsp3) is 0.0714. The zero-order valence-electron chi connectivity index (χ0n) is 11.7. The predicted octanol–water partition coefficient (Wildman–Crippen LogP) is 2.64. The van der Waals surface area contributed by atoms with E-state index in [4.69, 9.17) is 22.1 Å². The van der Waals surface area contributed by atoms with Gasteiger partial charge in [0.25, 0.3) is 5.69 Å². The minimum atomic E-state index is -0.661. The summed E-state index contributed by atoms with van der Waals surface area (Å²) < 4.78 is 5.00. The molecular formula is C14H8ClN5O3. The maximum atomic E-state index is 11.0. The van der Waals surface area contributed by atoms with Crippen LogP contribution >= 0.6 is 11.6 Å². The number of nitro groups is 1. The summed E-state index contributed by atoms with van der Waals surface area (Å²) in [5.41, 5.74) is 5.59. The Morgan fingerprint density at radius 1 is 1.35 bits per heavy atom. The van der Waals surface area contributed by atoms with Crippen molar-refractivity contribution in [3.8, 4) is 29.1 Å². The molecule has 2 aromatic rings. The minimum Gasteiger partial charge on any atom is -0.480 e. The van der Waals surface area contributed by atoms with Crippen molar-refractivity contribution in [1.29, 1.82) is 10.5 Å². The Morgan fingerprint density at radius 3 is 2.52 bits per heavy atom. The molecule has 0 spiro atoms. The fourth-order valence-electron chi connectivity index (χ4n) is 2.04. The number of nitrogens with zero attached hydrogens (tertiary/aromatic N) is 4. The molecule has 0 saturated carbocycles. The lowest BCUT2D eigenvalue weighted by Crippen LogP contribution is -2.04. The number of halogens is 1. The average molecular weight is 330 g/mol. The third-order valence-electron chi connectivity index (χ3n) is 3.04. The van der Waals surface area contributed by atoms with Crippen LogP contribution in [0.3, 0.4) is 0 Å². The number of nitrogen functional groups attached to an aromatic ring is 1. The van der Waals surface area contributed by atoms with Gasteiger partial charge in [-0.15, -0.1) is 0 Å². The van der Waals surface area contributed by atoms with E-state index in [0.717, 1.165) is 6.07 Å². The molecule has 0 saturated heterocycles. The first-order chi connectivity index (χ1) is 10.9. The minimum absolute atomic E-state index is 0.0464. The molecule has 0 radical (unpaired) electrons. The van der Waals surface area contributed by atoms with Crippen LogP contribution in [0.25, 0.3) is 11.1 Å². The van der Waals surface area contributed by atoms with Crippen LogP contribution in [0.1, 0.15) is 11.1 Å². The van der Waals surface area contributed by atoms with Gasteiger partial charge in [0.05, 0.1) is 12.0 Å². The van der Waals surface area contributed by atoms with Gasteiger partial charge < -0.3 is 10.5 Å². The third kappa shape index (κ3) is 2.71. The molecule has 9 heteroatoms. The number of hydrogen-bond acceptors (Lipinski definition) is 7. The molecule has 114 valence electrons. The largest absolute Gasteiger partial charge is 0.480 e. The van der Waals surface area contributed by atoms with Crippen LogP contribution in [0.15, 0.2) is 18.2 Å². The van der Waals surface area contributed by atoms with E-state index in [0.29, 0.717) is 0 Å². The molecule has 0 bridgehead atoms. The summed E-state index contributed by atoms with van der Waals surface area (Å²) >= 11 is 5.78. The molecule has 0 fully saturated rings. The van der Waals surface area contributed by atoms with Crippen LogP contribution in [-0.2, 0) is 0 Å². The Hall–Kier alpha value is -3.36. The fourth-order valence-corrected chi connectivity index (χ4v) is 2.23. The number of hydrogen-bond donors (Lipinski definition) is 1. The lowest BCUT2D eigenvalue weighted by atomic mass is 9.96. The van der Waals surface area contributed by atoms with E-state index in [1.54, 1.807) is 0 Å². The second-order valence-electron chi connectivity index (χ2n) is 4.28. The van der Waals surface area contributed by atoms with E-state index in [1.807, 2.05) is 12.1 Å². The average Bonchev–Trinajstić information content (AvgIpc) is 2.53. The van der Waals surface area contributed by atoms with Crippen molar-refractivity contribution in [3.05, 3.63) is 44.5 Å². The molecule has 2 N–H and O–H groups in total. The van der Waals surface area contributed by atoms with Crippen molar-refractivity contribution in [3.63, 3.8) is 0 Å². The molecule has 0 atom stereocenters. The van der Waals surface area contributed by atoms with E-state index in [2.05, 4.69) is 4.98 Å². The van der Waals surface area contributed by atoms with Gasteiger partial charge in [-0.25, -0.2) is 0 Å². The Balaban J connectivity index is 2.90. The van der Waals surface area contributed by atoms with Crippen molar-refractivity contribution in [2.24, 2.45) is 0 Å². The Morgan fingerprint density at radius 2 is 2.00 bits per heavy atom. The molecule has 0 unspecified atom stereocenters. The number of nitriles is 2. The summed E-state index contributed by atoms with van der Waals surface area (Å²) in [6.45, 7) is 0.